The van der Waals surface area contributed by atoms with E-state index < -0.39 is 0 Å². The van der Waals surface area contributed by atoms with E-state index in [0.717, 1.165) is 53.7 Å². The molecule has 3 aromatic rings. The van der Waals surface area contributed by atoms with Gasteiger partial charge in [-0.25, -0.2) is 9.97 Å². The van der Waals surface area contributed by atoms with Crippen LogP contribution < -0.4 is 9.80 Å². The number of para-hydroxylation sites is 2. The molecule has 2 aliphatic rings. The van der Waals surface area contributed by atoms with Crippen molar-refractivity contribution in [2.24, 2.45) is 0 Å². The predicted octanol–water partition coefficient (Wildman–Crippen LogP) is 11.3. The third-order valence-electron chi connectivity index (χ3n) is 7.00. The second-order valence-corrected chi connectivity index (χ2v) is 10.8. The second-order valence-electron chi connectivity index (χ2n) is 10.8. The molecule has 4 heteroatoms. The largest absolute Gasteiger partial charge is 0.302 e. The van der Waals surface area contributed by atoms with Gasteiger partial charge >= 0.3 is 0 Å². The zero-order chi connectivity index (χ0) is 30.5. The Bertz CT molecular complexity index is 1020. The third-order valence-corrected chi connectivity index (χ3v) is 7.00. The molecule has 0 atom stereocenters. The van der Waals surface area contributed by atoms with Crippen LogP contribution in [0.15, 0.2) is 60.7 Å². The number of hydrogen-bond acceptors (Lipinski definition) is 4. The van der Waals surface area contributed by atoms with Gasteiger partial charge in [-0.15, -0.1) is 0 Å². The molecule has 2 aromatic carbocycles. The van der Waals surface area contributed by atoms with E-state index in [9.17, 15) is 0 Å². The monoisotopic (exact) mass is 546 g/mol. The SMILES string of the molecule is CC.CC.CC.CCC.CCC1N(c2ccccc2)c2nc3c(nc2N1c1ccccc1)C(C)(C)CCC3(C)C. The Labute approximate surface area is 247 Å². The van der Waals surface area contributed by atoms with E-state index in [0.29, 0.717) is 0 Å². The van der Waals surface area contributed by atoms with Gasteiger partial charge in [-0.3, -0.25) is 0 Å². The minimum absolute atomic E-state index is 0.0249. The van der Waals surface area contributed by atoms with Crippen molar-refractivity contribution in [2.75, 3.05) is 9.80 Å². The fourth-order valence-electron chi connectivity index (χ4n) is 5.08. The van der Waals surface area contributed by atoms with Crippen LogP contribution in [0.4, 0.5) is 23.0 Å². The van der Waals surface area contributed by atoms with Crippen LogP contribution in [0.3, 0.4) is 0 Å². The first-order valence-corrected chi connectivity index (χ1v) is 15.9. The van der Waals surface area contributed by atoms with Gasteiger partial charge < -0.3 is 9.80 Å². The van der Waals surface area contributed by atoms with Crippen LogP contribution in [0.25, 0.3) is 0 Å². The van der Waals surface area contributed by atoms with E-state index in [4.69, 9.17) is 9.97 Å². The lowest BCUT2D eigenvalue weighted by Gasteiger charge is -2.40. The maximum Gasteiger partial charge on any atom is 0.178 e. The Hall–Kier alpha value is -2.88. The van der Waals surface area contributed by atoms with Crippen molar-refractivity contribution in [3.05, 3.63) is 72.1 Å². The Morgan fingerprint density at radius 1 is 0.600 bits per heavy atom. The lowest BCUT2D eigenvalue weighted by atomic mass is 9.67. The van der Waals surface area contributed by atoms with Gasteiger partial charge in [0.25, 0.3) is 0 Å². The summed E-state index contributed by atoms with van der Waals surface area (Å²) in [5.41, 5.74) is 4.70. The summed E-state index contributed by atoms with van der Waals surface area (Å²) in [6.07, 6.45) is 4.60. The molecule has 0 spiro atoms. The zero-order valence-electron chi connectivity index (χ0n) is 28.0. The van der Waals surface area contributed by atoms with Gasteiger partial charge in [0.2, 0.25) is 0 Å². The summed E-state index contributed by atoms with van der Waals surface area (Å²) in [4.78, 5) is 15.6. The summed E-state index contributed by atoms with van der Waals surface area (Å²) in [6.45, 7) is 27.8. The summed E-state index contributed by atoms with van der Waals surface area (Å²) in [5, 5.41) is 0. The fraction of sp³-hybridized carbons (Fsp3) is 0.556. The molecule has 222 valence electrons. The Balaban J connectivity index is 0.000000804. The predicted molar refractivity (Wildman–Crippen MR) is 179 cm³/mol. The molecule has 40 heavy (non-hydrogen) atoms. The van der Waals surface area contributed by atoms with Gasteiger partial charge in [0.1, 0.15) is 6.17 Å². The summed E-state index contributed by atoms with van der Waals surface area (Å²) in [5.74, 6) is 1.96. The molecule has 0 saturated carbocycles. The highest BCUT2D eigenvalue weighted by Crippen LogP contribution is 2.51. The first kappa shape index (κ1) is 35.1. The normalized spacial score (nSPS) is 15.8. The van der Waals surface area contributed by atoms with Gasteiger partial charge in [0.05, 0.1) is 11.4 Å². The average molecular weight is 547 g/mol. The van der Waals surface area contributed by atoms with Gasteiger partial charge in [0, 0.05) is 22.2 Å². The van der Waals surface area contributed by atoms with Crippen LogP contribution in [0.2, 0.25) is 0 Å². The van der Waals surface area contributed by atoms with Crippen LogP contribution >= 0.6 is 0 Å². The van der Waals surface area contributed by atoms with Crippen molar-refractivity contribution >= 4 is 23.0 Å². The molecular weight excluding hydrogens is 488 g/mol. The Morgan fingerprint density at radius 3 is 1.18 bits per heavy atom. The van der Waals surface area contributed by atoms with E-state index in [1.807, 2.05) is 41.5 Å². The van der Waals surface area contributed by atoms with E-state index in [-0.39, 0.29) is 17.0 Å². The van der Waals surface area contributed by atoms with E-state index in [2.05, 4.69) is 119 Å². The molecule has 0 N–H and O–H groups in total. The number of hydrogen-bond donors (Lipinski definition) is 0. The molecular formula is C36H58N4. The minimum Gasteiger partial charge on any atom is -0.302 e. The highest BCUT2D eigenvalue weighted by atomic mass is 15.5. The van der Waals surface area contributed by atoms with E-state index in [1.54, 1.807) is 0 Å². The molecule has 0 unspecified atom stereocenters. The van der Waals surface area contributed by atoms with Crippen LogP contribution in [-0.2, 0) is 10.8 Å². The molecule has 0 radical (unpaired) electrons. The maximum absolute atomic E-state index is 5.40. The first-order valence-electron chi connectivity index (χ1n) is 15.9. The summed E-state index contributed by atoms with van der Waals surface area (Å²) in [7, 11) is 0. The number of aromatic nitrogens is 2. The zero-order valence-corrected chi connectivity index (χ0v) is 28.0. The molecule has 0 fully saturated rings. The molecule has 5 rings (SSSR count). The lowest BCUT2D eigenvalue weighted by Crippen LogP contribution is -2.37. The van der Waals surface area contributed by atoms with Crippen molar-refractivity contribution < 1.29 is 0 Å². The summed E-state index contributed by atoms with van der Waals surface area (Å²) in [6, 6.07) is 21.3. The Morgan fingerprint density at radius 2 is 0.900 bits per heavy atom. The maximum atomic E-state index is 5.40. The number of fused-ring (bicyclic) bond motifs is 2. The second kappa shape index (κ2) is 16.4. The molecule has 1 aliphatic heterocycles. The van der Waals surface area contributed by atoms with Crippen LogP contribution in [0.1, 0.15) is 127 Å². The van der Waals surface area contributed by atoms with Gasteiger partial charge in [-0.05, 0) is 43.5 Å². The van der Waals surface area contributed by atoms with Crippen molar-refractivity contribution in [2.45, 2.75) is 133 Å². The number of anilines is 4. The standard InChI is InChI=1S/C27H32N4.C3H8.3C2H6/c1-6-21-30(19-13-9-7-10-14-19)24-25(31(21)20-15-11-8-12-16-20)29-23-22(28-24)26(2,3)17-18-27(23,4)5;1-3-2;3*1-2/h7-16,21H,6,17-18H2,1-5H3;3H2,1-2H3;3*1-2H3. The quantitative estimate of drug-likeness (QED) is 0.327. The highest BCUT2D eigenvalue weighted by molar-refractivity contribution is 5.84. The van der Waals surface area contributed by atoms with Crippen molar-refractivity contribution in [3.63, 3.8) is 0 Å². The van der Waals surface area contributed by atoms with Crippen LogP contribution in [-0.4, -0.2) is 16.1 Å². The highest BCUT2D eigenvalue weighted by Gasteiger charge is 2.45. The molecule has 0 amide bonds. The van der Waals surface area contributed by atoms with Gasteiger partial charge in [-0.2, -0.15) is 0 Å². The van der Waals surface area contributed by atoms with Crippen molar-refractivity contribution in [1.82, 2.24) is 9.97 Å². The molecule has 1 aliphatic carbocycles. The van der Waals surface area contributed by atoms with Crippen molar-refractivity contribution in [3.8, 4) is 0 Å². The number of nitrogens with zero attached hydrogens (tertiary/aromatic N) is 4. The fourth-order valence-corrected chi connectivity index (χ4v) is 5.08. The van der Waals surface area contributed by atoms with Crippen LogP contribution in [0, 0.1) is 0 Å². The smallest absolute Gasteiger partial charge is 0.178 e. The Kier molecular flexibility index (Phi) is 14.4. The van der Waals surface area contributed by atoms with E-state index >= 15 is 0 Å². The third kappa shape index (κ3) is 7.44. The summed E-state index contributed by atoms with van der Waals surface area (Å²) < 4.78 is 0. The van der Waals surface area contributed by atoms with Crippen molar-refractivity contribution in [1.29, 1.82) is 0 Å². The molecule has 1 aromatic heterocycles. The van der Waals surface area contributed by atoms with Gasteiger partial charge in [0.15, 0.2) is 11.6 Å². The average Bonchev–Trinajstić information content (AvgIpc) is 3.33. The number of benzene rings is 2. The van der Waals surface area contributed by atoms with E-state index in [1.165, 1.54) is 6.42 Å². The molecule has 2 heterocycles. The van der Waals surface area contributed by atoms with Crippen LogP contribution in [0.5, 0.6) is 0 Å². The topological polar surface area (TPSA) is 32.3 Å². The first-order chi connectivity index (χ1) is 19.2. The molecule has 4 nitrogen and oxygen atoms in total. The lowest BCUT2D eigenvalue weighted by molar-refractivity contribution is 0.315. The summed E-state index contributed by atoms with van der Waals surface area (Å²) >= 11 is 0. The number of rotatable bonds is 3. The minimum atomic E-state index is 0.0249. The molecule has 0 bridgehead atoms. The van der Waals surface area contributed by atoms with Gasteiger partial charge in [-0.1, -0.05) is 133 Å². The molecule has 0 saturated heterocycles.